The number of nitrogens with zero attached hydrogens (tertiary/aromatic N) is 1. The standard InChI is InChI=1S/C16H16N2O4S/c19-16(20)15-8-14(15)12-3-5-13(6-4-12)23(21,22)18-10-11-2-1-7-17-9-11/h1-7,9,14-15,18H,8,10H2,(H,19,20)/t14-,15+/m0/s1. The molecule has 0 unspecified atom stereocenters. The van der Waals surface area contributed by atoms with Crippen molar-refractivity contribution in [1.82, 2.24) is 9.71 Å². The van der Waals surface area contributed by atoms with E-state index >= 15 is 0 Å². The number of carbonyl (C=O) groups is 1. The third-order valence-corrected chi connectivity index (χ3v) is 5.33. The Bertz CT molecular complexity index is 804. The number of aromatic nitrogens is 1. The third kappa shape index (κ3) is 3.57. The van der Waals surface area contributed by atoms with Crippen LogP contribution in [0.25, 0.3) is 0 Å². The zero-order valence-corrected chi connectivity index (χ0v) is 13.0. The van der Waals surface area contributed by atoms with E-state index < -0.39 is 16.0 Å². The lowest BCUT2D eigenvalue weighted by Gasteiger charge is -2.07. The molecule has 2 N–H and O–H groups in total. The molecule has 0 amide bonds. The van der Waals surface area contributed by atoms with Gasteiger partial charge in [0.05, 0.1) is 10.8 Å². The van der Waals surface area contributed by atoms with Crippen molar-refractivity contribution in [3.63, 3.8) is 0 Å². The lowest BCUT2D eigenvalue weighted by molar-refractivity contribution is -0.138. The summed E-state index contributed by atoms with van der Waals surface area (Å²) in [5.41, 5.74) is 1.64. The second-order valence-electron chi connectivity index (χ2n) is 5.54. The lowest BCUT2D eigenvalue weighted by Crippen LogP contribution is -2.23. The molecule has 2 atom stereocenters. The van der Waals surface area contributed by atoms with Crippen LogP contribution >= 0.6 is 0 Å². The Balaban J connectivity index is 1.67. The second kappa shape index (κ2) is 6.10. The maximum Gasteiger partial charge on any atom is 0.307 e. The predicted molar refractivity (Wildman–Crippen MR) is 83.2 cm³/mol. The highest BCUT2D eigenvalue weighted by molar-refractivity contribution is 7.89. The molecule has 1 aliphatic rings. The second-order valence-corrected chi connectivity index (χ2v) is 7.31. The van der Waals surface area contributed by atoms with Gasteiger partial charge in [0, 0.05) is 18.9 Å². The van der Waals surface area contributed by atoms with Gasteiger partial charge in [-0.1, -0.05) is 18.2 Å². The van der Waals surface area contributed by atoms with Crippen molar-refractivity contribution in [3.8, 4) is 0 Å². The number of aliphatic carboxylic acids is 1. The summed E-state index contributed by atoms with van der Waals surface area (Å²) in [6, 6.07) is 9.93. The number of pyridine rings is 1. The Morgan fingerprint density at radius 3 is 2.57 bits per heavy atom. The van der Waals surface area contributed by atoms with Gasteiger partial charge in [0.15, 0.2) is 0 Å². The fourth-order valence-corrected chi connectivity index (χ4v) is 3.51. The van der Waals surface area contributed by atoms with Gasteiger partial charge in [0.25, 0.3) is 0 Å². The number of benzene rings is 1. The Kier molecular flexibility index (Phi) is 4.14. The number of carboxylic acid groups (broad SMARTS) is 1. The van der Waals surface area contributed by atoms with Crippen molar-refractivity contribution in [1.29, 1.82) is 0 Å². The number of rotatable bonds is 6. The molecule has 7 heteroatoms. The first-order valence-corrected chi connectivity index (χ1v) is 8.67. The summed E-state index contributed by atoms with van der Waals surface area (Å²) in [6.45, 7) is 0.168. The first-order valence-electron chi connectivity index (χ1n) is 7.19. The number of sulfonamides is 1. The molecule has 1 heterocycles. The van der Waals surface area contributed by atoms with Gasteiger partial charge in [-0.3, -0.25) is 9.78 Å². The van der Waals surface area contributed by atoms with Gasteiger partial charge in [-0.05, 0) is 41.7 Å². The molecule has 1 aromatic heterocycles. The molecular weight excluding hydrogens is 316 g/mol. The summed E-state index contributed by atoms with van der Waals surface area (Å²) in [4.78, 5) is 15.0. The first kappa shape index (κ1) is 15.6. The molecule has 0 spiro atoms. The van der Waals surface area contributed by atoms with Crippen LogP contribution in [0.3, 0.4) is 0 Å². The maximum absolute atomic E-state index is 12.2. The summed E-state index contributed by atoms with van der Waals surface area (Å²) < 4.78 is 27.0. The highest BCUT2D eigenvalue weighted by Crippen LogP contribution is 2.47. The number of hydrogen-bond acceptors (Lipinski definition) is 4. The fourth-order valence-electron chi connectivity index (χ4n) is 2.49. The van der Waals surface area contributed by atoms with Crippen molar-refractivity contribution in [2.45, 2.75) is 23.8 Å². The summed E-state index contributed by atoms with van der Waals surface area (Å²) in [5, 5.41) is 8.94. The van der Waals surface area contributed by atoms with E-state index in [1.165, 1.54) is 12.1 Å². The monoisotopic (exact) mass is 332 g/mol. The molecule has 120 valence electrons. The van der Waals surface area contributed by atoms with E-state index in [-0.39, 0.29) is 23.3 Å². The van der Waals surface area contributed by atoms with Crippen LogP contribution in [0.2, 0.25) is 0 Å². The molecular formula is C16H16N2O4S. The van der Waals surface area contributed by atoms with Crippen LogP contribution in [0.4, 0.5) is 0 Å². The average Bonchev–Trinajstić information content (AvgIpc) is 3.35. The van der Waals surface area contributed by atoms with E-state index in [1.54, 1.807) is 36.7 Å². The van der Waals surface area contributed by atoms with Crippen molar-refractivity contribution < 1.29 is 18.3 Å². The van der Waals surface area contributed by atoms with Crippen LogP contribution in [0, 0.1) is 5.92 Å². The fraction of sp³-hybridized carbons (Fsp3) is 0.250. The number of hydrogen-bond donors (Lipinski definition) is 2. The molecule has 6 nitrogen and oxygen atoms in total. The Hall–Kier alpha value is -2.25. The Morgan fingerprint density at radius 1 is 1.26 bits per heavy atom. The largest absolute Gasteiger partial charge is 0.481 e. The molecule has 0 saturated heterocycles. The Labute approximate surface area is 134 Å². The van der Waals surface area contributed by atoms with E-state index in [1.807, 2.05) is 0 Å². The predicted octanol–water partition coefficient (Wildman–Crippen LogP) is 1.75. The van der Waals surface area contributed by atoms with E-state index in [9.17, 15) is 13.2 Å². The molecule has 23 heavy (non-hydrogen) atoms. The zero-order chi connectivity index (χ0) is 16.4. The van der Waals surface area contributed by atoms with Crippen LogP contribution in [-0.4, -0.2) is 24.5 Å². The van der Waals surface area contributed by atoms with E-state index in [0.29, 0.717) is 6.42 Å². The molecule has 2 aromatic rings. The highest BCUT2D eigenvalue weighted by atomic mass is 32.2. The zero-order valence-electron chi connectivity index (χ0n) is 12.2. The van der Waals surface area contributed by atoms with Crippen molar-refractivity contribution in [2.75, 3.05) is 0 Å². The normalized spacial score (nSPS) is 20.2. The van der Waals surface area contributed by atoms with Crippen LogP contribution < -0.4 is 4.72 Å². The minimum absolute atomic E-state index is 0.00685. The highest BCUT2D eigenvalue weighted by Gasteiger charge is 2.44. The van der Waals surface area contributed by atoms with Gasteiger partial charge < -0.3 is 5.11 Å². The van der Waals surface area contributed by atoms with Crippen LogP contribution in [-0.2, 0) is 21.4 Å². The van der Waals surface area contributed by atoms with Crippen LogP contribution in [0.5, 0.6) is 0 Å². The molecule has 0 radical (unpaired) electrons. The van der Waals surface area contributed by atoms with Crippen molar-refractivity contribution >= 4 is 16.0 Å². The quantitative estimate of drug-likeness (QED) is 0.840. The summed E-state index contributed by atoms with van der Waals surface area (Å²) in [6.07, 6.45) is 3.84. The first-order chi connectivity index (χ1) is 11.0. The molecule has 1 aliphatic carbocycles. The smallest absolute Gasteiger partial charge is 0.307 e. The van der Waals surface area contributed by atoms with Gasteiger partial charge in [-0.25, -0.2) is 13.1 Å². The summed E-state index contributed by atoms with van der Waals surface area (Å²) in [7, 11) is -3.60. The minimum Gasteiger partial charge on any atom is -0.481 e. The van der Waals surface area contributed by atoms with Gasteiger partial charge in [0.2, 0.25) is 10.0 Å². The third-order valence-electron chi connectivity index (χ3n) is 3.92. The number of carboxylic acids is 1. The van der Waals surface area contributed by atoms with E-state index in [2.05, 4.69) is 9.71 Å². The van der Waals surface area contributed by atoms with Gasteiger partial charge >= 0.3 is 5.97 Å². The van der Waals surface area contributed by atoms with Crippen molar-refractivity contribution in [3.05, 3.63) is 59.9 Å². The summed E-state index contributed by atoms with van der Waals surface area (Å²) >= 11 is 0. The SMILES string of the molecule is O=C(O)[C@@H]1C[C@H]1c1ccc(S(=O)(=O)NCc2cccnc2)cc1. The van der Waals surface area contributed by atoms with Gasteiger partial charge in [0.1, 0.15) is 0 Å². The Morgan fingerprint density at radius 2 is 2.00 bits per heavy atom. The molecule has 3 rings (SSSR count). The lowest BCUT2D eigenvalue weighted by atomic mass is 10.1. The summed E-state index contributed by atoms with van der Waals surface area (Å²) in [5.74, 6) is -1.15. The topological polar surface area (TPSA) is 96.4 Å². The minimum atomic E-state index is -3.60. The van der Waals surface area contributed by atoms with E-state index in [0.717, 1.165) is 11.1 Å². The van der Waals surface area contributed by atoms with Gasteiger partial charge in [-0.15, -0.1) is 0 Å². The van der Waals surface area contributed by atoms with Crippen molar-refractivity contribution in [2.24, 2.45) is 5.92 Å². The van der Waals surface area contributed by atoms with Gasteiger partial charge in [-0.2, -0.15) is 0 Å². The van der Waals surface area contributed by atoms with E-state index in [4.69, 9.17) is 5.11 Å². The number of nitrogens with one attached hydrogen (secondary N) is 1. The molecule has 1 aromatic carbocycles. The van der Waals surface area contributed by atoms with Crippen LogP contribution in [0.1, 0.15) is 23.5 Å². The molecule has 0 aliphatic heterocycles. The van der Waals surface area contributed by atoms with Crippen LogP contribution in [0.15, 0.2) is 53.7 Å². The molecule has 0 bridgehead atoms. The molecule has 1 fully saturated rings. The average molecular weight is 332 g/mol. The maximum atomic E-state index is 12.2. The molecule has 1 saturated carbocycles.